The van der Waals surface area contributed by atoms with E-state index in [2.05, 4.69) is 38.2 Å². The number of aliphatic hydroxyl groups is 2. The van der Waals surface area contributed by atoms with Crippen LogP contribution in [-0.4, -0.2) is 66.3 Å². The number of unbranched alkanes of at least 4 members (excludes halogenated alkanes) is 33. The molecule has 0 radical (unpaired) electrons. The van der Waals surface area contributed by atoms with Crippen molar-refractivity contribution < 1.29 is 43.0 Å². The SMILES string of the molecule is CCCCC/C=C\C/C=C\CCCCCCCCCCCC(=O)OC(COCCCCCCCCCCCCCCCCCCCCCCCC)COP(=O)(O)OCC(O)CO. The van der Waals surface area contributed by atoms with E-state index in [4.69, 9.17) is 23.6 Å². The maximum Gasteiger partial charge on any atom is 0.472 e. The summed E-state index contributed by atoms with van der Waals surface area (Å²) in [5, 5.41) is 18.4. The van der Waals surface area contributed by atoms with Crippen molar-refractivity contribution in [2.75, 3.05) is 33.0 Å². The quantitative estimate of drug-likeness (QED) is 0.0236. The third-order valence-electron chi connectivity index (χ3n) is 11.6. The molecular weight excluding hydrogens is 800 g/mol. The van der Waals surface area contributed by atoms with E-state index in [-0.39, 0.29) is 25.6 Å². The van der Waals surface area contributed by atoms with Crippen LogP contribution in [0, 0.1) is 0 Å². The molecule has 0 aromatic rings. The molecule has 0 aromatic heterocycles. The molecule has 3 N–H and O–H groups in total. The molecule has 0 fully saturated rings. The lowest BCUT2D eigenvalue weighted by atomic mass is 10.0. The molecule has 0 heterocycles. The van der Waals surface area contributed by atoms with Crippen LogP contribution in [-0.2, 0) is 27.9 Å². The van der Waals surface area contributed by atoms with Gasteiger partial charge in [0.15, 0.2) is 0 Å². The van der Waals surface area contributed by atoms with Gasteiger partial charge in [0, 0.05) is 13.0 Å². The summed E-state index contributed by atoms with van der Waals surface area (Å²) < 4.78 is 33.6. The summed E-state index contributed by atoms with van der Waals surface area (Å²) in [6.45, 7) is 3.55. The average molecular weight is 901 g/mol. The highest BCUT2D eigenvalue weighted by Gasteiger charge is 2.26. The van der Waals surface area contributed by atoms with Crippen molar-refractivity contribution in [1.82, 2.24) is 0 Å². The first-order valence-corrected chi connectivity index (χ1v) is 27.8. The number of rotatable bonds is 51. The fourth-order valence-electron chi connectivity index (χ4n) is 7.62. The maximum atomic E-state index is 12.7. The number of carbonyl (C=O) groups excluding carboxylic acids is 1. The van der Waals surface area contributed by atoms with Crippen LogP contribution < -0.4 is 0 Å². The molecule has 9 nitrogen and oxygen atoms in total. The fraction of sp³-hybridized carbons (Fsp3) is 0.904. The molecule has 368 valence electrons. The predicted octanol–water partition coefficient (Wildman–Crippen LogP) is 15.4. The Hall–Kier alpha value is -1.06. The largest absolute Gasteiger partial charge is 0.472 e. The van der Waals surface area contributed by atoms with Gasteiger partial charge >= 0.3 is 13.8 Å². The molecule has 3 unspecified atom stereocenters. The number of ether oxygens (including phenoxy) is 2. The summed E-state index contributed by atoms with van der Waals surface area (Å²) in [7, 11) is -4.52. The van der Waals surface area contributed by atoms with Gasteiger partial charge in [-0.25, -0.2) is 4.57 Å². The van der Waals surface area contributed by atoms with E-state index >= 15 is 0 Å². The van der Waals surface area contributed by atoms with Gasteiger partial charge in [-0.1, -0.05) is 231 Å². The van der Waals surface area contributed by atoms with E-state index in [1.807, 2.05) is 0 Å². The minimum Gasteiger partial charge on any atom is -0.457 e. The molecule has 0 aliphatic heterocycles. The van der Waals surface area contributed by atoms with Crippen molar-refractivity contribution in [3.8, 4) is 0 Å². The Morgan fingerprint density at radius 3 is 1.32 bits per heavy atom. The normalized spacial score (nSPS) is 14.0. The summed E-state index contributed by atoms with van der Waals surface area (Å²) in [5.74, 6) is -0.381. The summed E-state index contributed by atoms with van der Waals surface area (Å²) in [6, 6.07) is 0. The van der Waals surface area contributed by atoms with Gasteiger partial charge in [0.25, 0.3) is 0 Å². The Labute approximate surface area is 383 Å². The van der Waals surface area contributed by atoms with E-state index in [1.165, 1.54) is 199 Å². The zero-order valence-corrected chi connectivity index (χ0v) is 41.5. The summed E-state index contributed by atoms with van der Waals surface area (Å²) >= 11 is 0. The van der Waals surface area contributed by atoms with Crippen molar-refractivity contribution in [3.05, 3.63) is 24.3 Å². The van der Waals surface area contributed by atoms with E-state index < -0.39 is 33.2 Å². The highest BCUT2D eigenvalue weighted by atomic mass is 31.2. The van der Waals surface area contributed by atoms with Gasteiger partial charge < -0.3 is 24.6 Å². The Morgan fingerprint density at radius 1 is 0.500 bits per heavy atom. The molecule has 0 aromatic carbocycles. The van der Waals surface area contributed by atoms with Gasteiger partial charge in [0.2, 0.25) is 0 Å². The van der Waals surface area contributed by atoms with Crippen LogP contribution in [0.2, 0.25) is 0 Å². The van der Waals surface area contributed by atoms with Gasteiger partial charge in [0.05, 0.1) is 26.4 Å². The molecule has 0 saturated heterocycles. The number of esters is 1. The second-order valence-corrected chi connectivity index (χ2v) is 19.4. The molecule has 10 heteroatoms. The molecule has 0 saturated carbocycles. The van der Waals surface area contributed by atoms with Gasteiger partial charge in [0.1, 0.15) is 12.2 Å². The van der Waals surface area contributed by atoms with Gasteiger partial charge in [-0.3, -0.25) is 13.8 Å². The number of carbonyl (C=O) groups is 1. The maximum absolute atomic E-state index is 12.7. The topological polar surface area (TPSA) is 132 Å². The number of allylic oxidation sites excluding steroid dienone is 4. The molecule has 0 bridgehead atoms. The van der Waals surface area contributed by atoms with Crippen molar-refractivity contribution in [3.63, 3.8) is 0 Å². The third-order valence-corrected chi connectivity index (χ3v) is 12.6. The van der Waals surface area contributed by atoms with E-state index in [0.717, 1.165) is 38.5 Å². The van der Waals surface area contributed by atoms with Crippen LogP contribution in [0.3, 0.4) is 0 Å². The van der Waals surface area contributed by atoms with Crippen molar-refractivity contribution in [2.45, 2.75) is 270 Å². The highest BCUT2D eigenvalue weighted by Crippen LogP contribution is 2.43. The Kier molecular flexibility index (Phi) is 48.5. The van der Waals surface area contributed by atoms with Crippen LogP contribution in [0.15, 0.2) is 24.3 Å². The molecule has 0 amide bonds. The smallest absolute Gasteiger partial charge is 0.457 e. The van der Waals surface area contributed by atoms with Crippen molar-refractivity contribution in [1.29, 1.82) is 0 Å². The second-order valence-electron chi connectivity index (χ2n) is 17.9. The molecule has 0 aliphatic rings. The first kappa shape index (κ1) is 60.9. The summed E-state index contributed by atoms with van der Waals surface area (Å²) in [5.41, 5.74) is 0. The summed E-state index contributed by atoms with van der Waals surface area (Å²) in [4.78, 5) is 22.7. The molecule has 62 heavy (non-hydrogen) atoms. The predicted molar refractivity (Wildman–Crippen MR) is 261 cm³/mol. The third kappa shape index (κ3) is 48.4. The van der Waals surface area contributed by atoms with Crippen LogP contribution >= 0.6 is 7.82 Å². The van der Waals surface area contributed by atoms with E-state index in [0.29, 0.717) is 6.61 Å². The first-order chi connectivity index (χ1) is 30.3. The van der Waals surface area contributed by atoms with Gasteiger partial charge in [-0.05, 0) is 44.9 Å². The molecular formula is C52H101O9P. The average Bonchev–Trinajstić information content (AvgIpc) is 3.26. The first-order valence-electron chi connectivity index (χ1n) is 26.3. The fourth-order valence-corrected chi connectivity index (χ4v) is 8.41. The van der Waals surface area contributed by atoms with Crippen LogP contribution in [0.1, 0.15) is 258 Å². The monoisotopic (exact) mass is 901 g/mol. The molecule has 0 aliphatic carbocycles. The van der Waals surface area contributed by atoms with Gasteiger partial charge in [-0.15, -0.1) is 0 Å². The molecule has 0 spiro atoms. The minimum atomic E-state index is -4.52. The zero-order chi connectivity index (χ0) is 45.3. The van der Waals surface area contributed by atoms with Crippen LogP contribution in [0.4, 0.5) is 0 Å². The number of phosphoric acid groups is 1. The van der Waals surface area contributed by atoms with Crippen LogP contribution in [0.5, 0.6) is 0 Å². The Balaban J connectivity index is 4.02. The number of aliphatic hydroxyl groups excluding tert-OH is 2. The lowest BCUT2D eigenvalue weighted by molar-refractivity contribution is -0.154. The van der Waals surface area contributed by atoms with Crippen LogP contribution in [0.25, 0.3) is 0 Å². The Morgan fingerprint density at radius 2 is 0.871 bits per heavy atom. The van der Waals surface area contributed by atoms with Crippen molar-refractivity contribution >= 4 is 13.8 Å². The number of hydrogen-bond donors (Lipinski definition) is 3. The lowest BCUT2D eigenvalue weighted by Crippen LogP contribution is -2.29. The summed E-state index contributed by atoms with van der Waals surface area (Å²) in [6.07, 6.45) is 54.3. The zero-order valence-electron chi connectivity index (χ0n) is 40.6. The van der Waals surface area contributed by atoms with Crippen molar-refractivity contribution in [2.24, 2.45) is 0 Å². The number of hydrogen-bond acceptors (Lipinski definition) is 8. The van der Waals surface area contributed by atoms with E-state index in [1.54, 1.807) is 0 Å². The second kappa shape index (κ2) is 49.4. The lowest BCUT2D eigenvalue weighted by Gasteiger charge is -2.20. The van der Waals surface area contributed by atoms with Gasteiger partial charge in [-0.2, -0.15) is 0 Å². The highest BCUT2D eigenvalue weighted by molar-refractivity contribution is 7.47. The molecule has 3 atom stereocenters. The Bertz CT molecular complexity index is 1020. The molecule has 0 rings (SSSR count). The minimum absolute atomic E-state index is 0.0527. The standard InChI is InChI=1S/C52H101O9P/c1-3-5-7-9-11-13-15-17-19-21-23-24-25-27-29-31-33-35-37-39-41-43-45-58-48-51(49-60-62(56,57)59-47-50(54)46-53)61-52(55)44-42-40-38-36-34-32-30-28-26-22-20-18-16-14-12-10-8-6-4-2/h12,14,18,20,50-51,53-54H,3-11,13,15-17,19,21-49H2,1-2H3,(H,56,57)/b14-12-,20-18-. The number of phosphoric ester groups is 1. The van der Waals surface area contributed by atoms with E-state index in [9.17, 15) is 19.4 Å².